The number of methoxy groups -OCH3 is 1. The molecule has 2 aromatic carbocycles. The maximum atomic E-state index is 12.3. The Balaban J connectivity index is 1.56. The van der Waals surface area contributed by atoms with Crippen molar-refractivity contribution < 1.29 is 28.5 Å². The van der Waals surface area contributed by atoms with Crippen LogP contribution in [0.15, 0.2) is 60.7 Å². The summed E-state index contributed by atoms with van der Waals surface area (Å²) in [5.74, 6) is -0.811. The predicted octanol–water partition coefficient (Wildman–Crippen LogP) is 3.22. The largest absolute Gasteiger partial charge is 0.459 e. The van der Waals surface area contributed by atoms with Gasteiger partial charge < -0.3 is 18.9 Å². The molecular formula is C21H22O6. The zero-order valence-corrected chi connectivity index (χ0v) is 15.1. The van der Waals surface area contributed by atoms with Gasteiger partial charge in [0.1, 0.15) is 12.7 Å². The Hall–Kier alpha value is -2.70. The van der Waals surface area contributed by atoms with E-state index in [0.29, 0.717) is 24.0 Å². The molecule has 142 valence electrons. The lowest BCUT2D eigenvalue weighted by Gasteiger charge is -2.33. The first-order chi connectivity index (χ1) is 13.2. The molecule has 0 amide bonds. The van der Waals surface area contributed by atoms with E-state index in [1.165, 1.54) is 7.11 Å². The van der Waals surface area contributed by atoms with Crippen molar-refractivity contribution in [2.45, 2.75) is 31.3 Å². The van der Waals surface area contributed by atoms with Crippen LogP contribution in [0.4, 0.5) is 0 Å². The van der Waals surface area contributed by atoms with Gasteiger partial charge in [-0.1, -0.05) is 36.4 Å². The summed E-state index contributed by atoms with van der Waals surface area (Å²) < 4.78 is 22.0. The first kappa shape index (κ1) is 19.1. The van der Waals surface area contributed by atoms with E-state index in [2.05, 4.69) is 0 Å². The Morgan fingerprint density at radius 2 is 1.52 bits per heavy atom. The second-order valence-electron chi connectivity index (χ2n) is 6.25. The monoisotopic (exact) mass is 370 g/mol. The van der Waals surface area contributed by atoms with E-state index in [-0.39, 0.29) is 12.7 Å². The van der Waals surface area contributed by atoms with E-state index in [0.717, 1.165) is 0 Å². The molecule has 0 unspecified atom stereocenters. The Morgan fingerprint density at radius 3 is 2.11 bits per heavy atom. The summed E-state index contributed by atoms with van der Waals surface area (Å²) in [4.78, 5) is 24.4. The molecule has 2 aromatic rings. The lowest BCUT2D eigenvalue weighted by atomic mass is 10.1. The van der Waals surface area contributed by atoms with Gasteiger partial charge in [-0.3, -0.25) is 0 Å². The normalized spacial score (nSPS) is 22.0. The van der Waals surface area contributed by atoms with Crippen molar-refractivity contribution >= 4 is 11.9 Å². The van der Waals surface area contributed by atoms with E-state index in [4.69, 9.17) is 18.9 Å². The van der Waals surface area contributed by atoms with Crippen LogP contribution in [0.1, 0.15) is 33.6 Å². The fourth-order valence-electron chi connectivity index (χ4n) is 2.91. The topological polar surface area (TPSA) is 71.1 Å². The Morgan fingerprint density at radius 1 is 0.926 bits per heavy atom. The lowest BCUT2D eigenvalue weighted by molar-refractivity contribution is -0.210. The number of hydrogen-bond acceptors (Lipinski definition) is 6. The van der Waals surface area contributed by atoms with Gasteiger partial charge in [0.05, 0.1) is 17.2 Å². The summed E-state index contributed by atoms with van der Waals surface area (Å²) in [5, 5.41) is 0. The summed E-state index contributed by atoms with van der Waals surface area (Å²) in [5.41, 5.74) is 0.966. The van der Waals surface area contributed by atoms with Gasteiger partial charge in [0, 0.05) is 20.0 Å². The predicted molar refractivity (Wildman–Crippen MR) is 97.3 cm³/mol. The van der Waals surface area contributed by atoms with E-state index in [1.54, 1.807) is 48.5 Å². The molecule has 3 rings (SSSR count). The van der Waals surface area contributed by atoms with Crippen molar-refractivity contribution in [2.75, 3.05) is 13.7 Å². The van der Waals surface area contributed by atoms with Crippen LogP contribution in [0.2, 0.25) is 0 Å². The highest BCUT2D eigenvalue weighted by Crippen LogP contribution is 2.24. The van der Waals surface area contributed by atoms with Gasteiger partial charge in [-0.2, -0.15) is 0 Å². The van der Waals surface area contributed by atoms with Gasteiger partial charge in [0.2, 0.25) is 0 Å². The quantitative estimate of drug-likeness (QED) is 0.727. The van der Waals surface area contributed by atoms with Crippen molar-refractivity contribution in [3.63, 3.8) is 0 Å². The van der Waals surface area contributed by atoms with Gasteiger partial charge in [0.15, 0.2) is 6.29 Å². The highest BCUT2D eigenvalue weighted by molar-refractivity contribution is 5.89. The van der Waals surface area contributed by atoms with Crippen LogP contribution in [-0.4, -0.2) is 44.2 Å². The molecule has 27 heavy (non-hydrogen) atoms. The number of esters is 2. The minimum absolute atomic E-state index is 0.0625. The third-order valence-corrected chi connectivity index (χ3v) is 4.28. The third kappa shape index (κ3) is 5.39. The van der Waals surface area contributed by atoms with Gasteiger partial charge in [-0.05, 0) is 24.3 Å². The zero-order chi connectivity index (χ0) is 19.1. The van der Waals surface area contributed by atoms with Gasteiger partial charge in [-0.25, -0.2) is 9.59 Å². The minimum Gasteiger partial charge on any atom is -0.459 e. The molecular weight excluding hydrogens is 348 g/mol. The molecule has 1 aliphatic heterocycles. The molecule has 1 fully saturated rings. The van der Waals surface area contributed by atoms with Crippen LogP contribution in [0, 0.1) is 0 Å². The molecule has 0 saturated carbocycles. The van der Waals surface area contributed by atoms with Crippen molar-refractivity contribution in [3.05, 3.63) is 71.8 Å². The van der Waals surface area contributed by atoms with Crippen LogP contribution in [0.5, 0.6) is 0 Å². The van der Waals surface area contributed by atoms with Crippen LogP contribution in [0.3, 0.4) is 0 Å². The molecule has 1 saturated heterocycles. The zero-order valence-electron chi connectivity index (χ0n) is 15.1. The smallest absolute Gasteiger partial charge is 0.338 e. The van der Waals surface area contributed by atoms with E-state index >= 15 is 0 Å². The molecule has 0 aliphatic carbocycles. The van der Waals surface area contributed by atoms with Crippen LogP contribution in [0.25, 0.3) is 0 Å². The molecule has 3 atom stereocenters. The Bertz CT molecular complexity index is 746. The highest BCUT2D eigenvalue weighted by atomic mass is 16.7. The number of carbonyl (C=O) groups is 2. The molecule has 0 aromatic heterocycles. The molecule has 0 radical (unpaired) electrons. The number of ether oxygens (including phenoxy) is 4. The summed E-state index contributed by atoms with van der Waals surface area (Å²) in [6.45, 7) is 0.0625. The van der Waals surface area contributed by atoms with Crippen molar-refractivity contribution in [1.29, 1.82) is 0 Å². The SMILES string of the molecule is CO[C@@H]1C[C@H](OC(=O)c2ccccc2)C[C@@H](COC(=O)c2ccccc2)O1. The fourth-order valence-corrected chi connectivity index (χ4v) is 2.91. The molecule has 6 nitrogen and oxygen atoms in total. The maximum absolute atomic E-state index is 12.3. The second kappa shape index (κ2) is 9.30. The van der Waals surface area contributed by atoms with Crippen LogP contribution in [-0.2, 0) is 18.9 Å². The van der Waals surface area contributed by atoms with Crippen molar-refractivity contribution in [1.82, 2.24) is 0 Å². The van der Waals surface area contributed by atoms with E-state index in [1.807, 2.05) is 12.1 Å². The molecule has 1 heterocycles. The van der Waals surface area contributed by atoms with Crippen LogP contribution >= 0.6 is 0 Å². The number of benzene rings is 2. The minimum atomic E-state index is -0.521. The molecule has 0 spiro atoms. The lowest BCUT2D eigenvalue weighted by Crippen LogP contribution is -2.41. The molecule has 6 heteroatoms. The van der Waals surface area contributed by atoms with E-state index < -0.39 is 24.3 Å². The number of rotatable bonds is 6. The first-order valence-corrected chi connectivity index (χ1v) is 8.82. The molecule has 0 N–H and O–H groups in total. The summed E-state index contributed by atoms with van der Waals surface area (Å²) >= 11 is 0. The molecule has 0 bridgehead atoms. The number of hydrogen-bond donors (Lipinski definition) is 0. The Labute approximate surface area is 158 Å². The standard InChI is InChI=1S/C21H22O6/c1-24-19-13-17(27-21(23)16-10-6-3-7-11-16)12-18(26-19)14-25-20(22)15-8-4-2-5-9-15/h2-11,17-19H,12-14H2,1H3/t17-,18+,19+/m1/s1. The fraction of sp³-hybridized carbons (Fsp3) is 0.333. The Kier molecular flexibility index (Phi) is 6.57. The highest BCUT2D eigenvalue weighted by Gasteiger charge is 2.33. The molecule has 1 aliphatic rings. The maximum Gasteiger partial charge on any atom is 0.338 e. The van der Waals surface area contributed by atoms with E-state index in [9.17, 15) is 9.59 Å². The van der Waals surface area contributed by atoms with Gasteiger partial charge >= 0.3 is 11.9 Å². The number of carbonyl (C=O) groups excluding carboxylic acids is 2. The van der Waals surface area contributed by atoms with Crippen molar-refractivity contribution in [2.24, 2.45) is 0 Å². The van der Waals surface area contributed by atoms with Gasteiger partial charge in [0.25, 0.3) is 0 Å². The second-order valence-corrected chi connectivity index (χ2v) is 6.25. The van der Waals surface area contributed by atoms with Crippen molar-refractivity contribution in [3.8, 4) is 0 Å². The van der Waals surface area contributed by atoms with Crippen LogP contribution < -0.4 is 0 Å². The summed E-state index contributed by atoms with van der Waals surface area (Å²) in [6.07, 6.45) is -0.451. The first-order valence-electron chi connectivity index (χ1n) is 8.82. The average molecular weight is 370 g/mol. The third-order valence-electron chi connectivity index (χ3n) is 4.28. The van der Waals surface area contributed by atoms with Gasteiger partial charge in [-0.15, -0.1) is 0 Å². The summed E-state index contributed by atoms with van der Waals surface area (Å²) in [7, 11) is 1.53. The summed E-state index contributed by atoms with van der Waals surface area (Å²) in [6, 6.07) is 17.6. The average Bonchev–Trinajstić information content (AvgIpc) is 2.73.